The Morgan fingerprint density at radius 2 is 1.69 bits per heavy atom. The molecule has 0 radical (unpaired) electrons. The van der Waals surface area contributed by atoms with Crippen LogP contribution in [0.25, 0.3) is 0 Å². The summed E-state index contributed by atoms with van der Waals surface area (Å²) in [7, 11) is 1.57. The lowest BCUT2D eigenvalue weighted by molar-refractivity contribution is 0.302. The number of ether oxygens (including phenoxy) is 2. The summed E-state index contributed by atoms with van der Waals surface area (Å²) in [6.07, 6.45) is 2.93. The average molecular weight is 372 g/mol. The van der Waals surface area contributed by atoms with E-state index in [1.807, 2.05) is 12.1 Å². The van der Waals surface area contributed by atoms with Gasteiger partial charge in [-0.1, -0.05) is 39.0 Å². The second-order valence-corrected chi connectivity index (χ2v) is 6.67. The lowest BCUT2D eigenvalue weighted by Gasteiger charge is -2.18. The number of benzene rings is 2. The molecule has 0 fully saturated rings. The number of methoxy groups -OCH3 is 1. The Balaban J connectivity index is 2.31. The van der Waals surface area contributed by atoms with Crippen LogP contribution in [0.2, 0.25) is 0 Å². The standard InChI is InChI=1S/C22H29NO2S/c1-6-16-10-9-11-20(23-22(26)24-5)19(16)14-25-21-12-15(4)17(7-2)13-18(21)8-3/h9-13H,6-8,14H2,1-5H3,(H,23,26). The van der Waals surface area contributed by atoms with Crippen LogP contribution in [-0.4, -0.2) is 12.3 Å². The van der Waals surface area contributed by atoms with E-state index in [0.29, 0.717) is 11.8 Å². The van der Waals surface area contributed by atoms with Gasteiger partial charge in [0.15, 0.2) is 0 Å². The molecule has 1 N–H and O–H groups in total. The molecule has 0 aliphatic carbocycles. The highest BCUT2D eigenvalue weighted by Gasteiger charge is 2.12. The second kappa shape index (κ2) is 9.58. The lowest BCUT2D eigenvalue weighted by atomic mass is 10.0. The number of aryl methyl sites for hydroxylation is 4. The molecule has 0 heterocycles. The van der Waals surface area contributed by atoms with E-state index in [4.69, 9.17) is 21.7 Å². The minimum atomic E-state index is 0.358. The first kappa shape index (κ1) is 20.2. The predicted octanol–water partition coefficient (Wildman–Crippen LogP) is 5.60. The lowest BCUT2D eigenvalue weighted by Crippen LogP contribution is -2.14. The third-order valence-corrected chi connectivity index (χ3v) is 5.00. The van der Waals surface area contributed by atoms with Crippen LogP contribution in [0.15, 0.2) is 30.3 Å². The van der Waals surface area contributed by atoms with Crippen LogP contribution < -0.4 is 10.1 Å². The molecule has 0 saturated carbocycles. The molecule has 2 aromatic carbocycles. The van der Waals surface area contributed by atoms with Gasteiger partial charge in [0.05, 0.1) is 7.11 Å². The van der Waals surface area contributed by atoms with Crippen molar-refractivity contribution in [2.45, 2.75) is 53.6 Å². The van der Waals surface area contributed by atoms with E-state index < -0.39 is 0 Å². The molecular formula is C22H29NO2S. The van der Waals surface area contributed by atoms with Crippen molar-refractivity contribution >= 4 is 23.1 Å². The van der Waals surface area contributed by atoms with Gasteiger partial charge in [-0.25, -0.2) is 0 Å². The minimum absolute atomic E-state index is 0.358. The maximum absolute atomic E-state index is 6.27. The fraction of sp³-hybridized carbons (Fsp3) is 0.409. The Bertz CT molecular complexity index is 771. The summed E-state index contributed by atoms with van der Waals surface area (Å²) in [6, 6.07) is 10.6. The van der Waals surface area contributed by atoms with Crippen molar-refractivity contribution in [3.63, 3.8) is 0 Å². The van der Waals surface area contributed by atoms with Crippen molar-refractivity contribution in [1.82, 2.24) is 0 Å². The van der Waals surface area contributed by atoms with Crippen LogP contribution in [0.5, 0.6) is 5.75 Å². The van der Waals surface area contributed by atoms with Gasteiger partial charge >= 0.3 is 0 Å². The predicted molar refractivity (Wildman–Crippen MR) is 113 cm³/mol. The minimum Gasteiger partial charge on any atom is -0.489 e. The highest BCUT2D eigenvalue weighted by molar-refractivity contribution is 7.80. The van der Waals surface area contributed by atoms with Gasteiger partial charge in [-0.3, -0.25) is 0 Å². The van der Waals surface area contributed by atoms with Gasteiger partial charge in [0.25, 0.3) is 5.17 Å². The number of nitrogens with one attached hydrogen (secondary N) is 1. The normalized spacial score (nSPS) is 10.5. The van der Waals surface area contributed by atoms with Crippen LogP contribution in [0.3, 0.4) is 0 Å². The number of hydrogen-bond donors (Lipinski definition) is 1. The highest BCUT2D eigenvalue weighted by atomic mass is 32.1. The molecule has 0 aliphatic heterocycles. The van der Waals surface area contributed by atoms with E-state index in [-0.39, 0.29) is 0 Å². The molecule has 0 unspecified atom stereocenters. The molecule has 140 valence electrons. The van der Waals surface area contributed by atoms with E-state index in [0.717, 1.165) is 36.3 Å². The highest BCUT2D eigenvalue weighted by Crippen LogP contribution is 2.28. The maximum atomic E-state index is 6.27. The van der Waals surface area contributed by atoms with Gasteiger partial charge < -0.3 is 14.8 Å². The molecule has 26 heavy (non-hydrogen) atoms. The maximum Gasteiger partial charge on any atom is 0.260 e. The smallest absolute Gasteiger partial charge is 0.260 e. The Morgan fingerprint density at radius 1 is 1.00 bits per heavy atom. The molecule has 0 aromatic heterocycles. The first-order valence-electron chi connectivity index (χ1n) is 9.24. The van der Waals surface area contributed by atoms with Crippen LogP contribution in [0.4, 0.5) is 5.69 Å². The molecule has 0 saturated heterocycles. The first-order valence-corrected chi connectivity index (χ1v) is 9.65. The Morgan fingerprint density at radius 3 is 2.31 bits per heavy atom. The molecule has 0 amide bonds. The van der Waals surface area contributed by atoms with Gasteiger partial charge in [-0.05, 0) is 72.8 Å². The molecule has 2 rings (SSSR count). The van der Waals surface area contributed by atoms with Crippen molar-refractivity contribution in [2.75, 3.05) is 12.4 Å². The van der Waals surface area contributed by atoms with Crippen LogP contribution in [0.1, 0.15) is 48.6 Å². The summed E-state index contributed by atoms with van der Waals surface area (Å²) < 4.78 is 11.4. The SMILES string of the molecule is CCc1cc(CC)c(OCc2c(CC)cccc2NC(=S)OC)cc1C. The van der Waals surface area contributed by atoms with Crippen molar-refractivity contribution in [1.29, 1.82) is 0 Å². The fourth-order valence-corrected chi connectivity index (χ4v) is 3.24. The molecule has 2 aromatic rings. The third-order valence-electron chi connectivity index (χ3n) is 4.73. The molecule has 0 aliphatic rings. The molecule has 4 heteroatoms. The topological polar surface area (TPSA) is 30.5 Å². The Kier molecular flexibility index (Phi) is 7.46. The number of anilines is 1. The zero-order chi connectivity index (χ0) is 19.1. The van der Waals surface area contributed by atoms with Gasteiger partial charge in [-0.2, -0.15) is 0 Å². The van der Waals surface area contributed by atoms with Crippen molar-refractivity contribution in [2.24, 2.45) is 0 Å². The van der Waals surface area contributed by atoms with Gasteiger partial charge in [0.2, 0.25) is 0 Å². The van der Waals surface area contributed by atoms with E-state index in [9.17, 15) is 0 Å². The van der Waals surface area contributed by atoms with E-state index in [1.54, 1.807) is 7.11 Å². The number of hydrogen-bond acceptors (Lipinski definition) is 3. The molecular weight excluding hydrogens is 342 g/mol. The number of rotatable bonds is 7. The number of thiocarbonyl (C=S) groups is 1. The van der Waals surface area contributed by atoms with Gasteiger partial charge in [0, 0.05) is 11.3 Å². The summed E-state index contributed by atoms with van der Waals surface area (Å²) in [5.74, 6) is 0.966. The van der Waals surface area contributed by atoms with E-state index in [2.05, 4.69) is 51.2 Å². The summed E-state index contributed by atoms with van der Waals surface area (Å²) in [5.41, 5.74) is 7.22. The van der Waals surface area contributed by atoms with Crippen molar-refractivity contribution in [3.8, 4) is 5.75 Å². The summed E-state index contributed by atoms with van der Waals surface area (Å²) in [4.78, 5) is 0. The molecule has 0 spiro atoms. The quantitative estimate of drug-likeness (QED) is 0.641. The zero-order valence-corrected chi connectivity index (χ0v) is 17.3. The second-order valence-electron chi connectivity index (χ2n) is 6.30. The molecule has 0 atom stereocenters. The average Bonchev–Trinajstić information content (AvgIpc) is 2.66. The fourth-order valence-electron chi connectivity index (χ4n) is 3.13. The molecule has 0 bridgehead atoms. The van der Waals surface area contributed by atoms with Gasteiger partial charge in [-0.15, -0.1) is 0 Å². The van der Waals surface area contributed by atoms with Crippen molar-refractivity contribution in [3.05, 3.63) is 58.1 Å². The molecule has 3 nitrogen and oxygen atoms in total. The van der Waals surface area contributed by atoms with Crippen LogP contribution in [-0.2, 0) is 30.6 Å². The third kappa shape index (κ3) is 4.76. The van der Waals surface area contributed by atoms with Gasteiger partial charge in [0.1, 0.15) is 12.4 Å². The first-order chi connectivity index (χ1) is 12.5. The summed E-state index contributed by atoms with van der Waals surface area (Å²) in [5, 5.41) is 3.52. The summed E-state index contributed by atoms with van der Waals surface area (Å²) >= 11 is 5.16. The van der Waals surface area contributed by atoms with E-state index in [1.165, 1.54) is 22.3 Å². The zero-order valence-electron chi connectivity index (χ0n) is 16.4. The monoisotopic (exact) mass is 371 g/mol. The Hall–Kier alpha value is -2.07. The van der Waals surface area contributed by atoms with Crippen LogP contribution >= 0.6 is 12.2 Å². The summed E-state index contributed by atoms with van der Waals surface area (Å²) in [6.45, 7) is 9.15. The van der Waals surface area contributed by atoms with E-state index >= 15 is 0 Å². The van der Waals surface area contributed by atoms with Crippen molar-refractivity contribution < 1.29 is 9.47 Å². The van der Waals surface area contributed by atoms with Crippen LogP contribution in [0, 0.1) is 6.92 Å². The largest absolute Gasteiger partial charge is 0.489 e. The Labute approximate surface area is 162 Å².